The van der Waals surface area contributed by atoms with Crippen LogP contribution in [-0.2, 0) is 24.1 Å². The molecule has 11 heteroatoms. The van der Waals surface area contributed by atoms with Crippen molar-refractivity contribution in [1.29, 1.82) is 0 Å². The standard InChI is InChI=1S/C26H33Cl3N2O5Si/c1-6-15-12-31(24(36-37(3,4)5)35-14-26(27,28)29)21-11-25(22-10-17(15)18(21)13-34-22)19-8-7-16(33-2)9-20(19)30-23(25)32/h6-9,12,17-18,21-22H,10-11,13-14H2,1-5H3,(H,30,32)/b15-6-/t17-,18-,21-,22+,25-/m0/s1. The molecule has 4 heterocycles. The third-order valence-electron chi connectivity index (χ3n) is 7.78. The maximum absolute atomic E-state index is 13.9. The van der Waals surface area contributed by atoms with Gasteiger partial charge in [-0.3, -0.25) is 4.79 Å². The summed E-state index contributed by atoms with van der Waals surface area (Å²) in [4.78, 5) is 13.9. The first-order valence-corrected chi connectivity index (χ1v) is 17.1. The van der Waals surface area contributed by atoms with Crippen molar-refractivity contribution in [3.63, 3.8) is 0 Å². The summed E-state index contributed by atoms with van der Waals surface area (Å²) in [5.41, 5.74) is 2.01. The van der Waals surface area contributed by atoms with Gasteiger partial charge in [0.15, 0.2) is 8.32 Å². The first-order chi connectivity index (χ1) is 17.4. The van der Waals surface area contributed by atoms with E-state index in [1.165, 1.54) is 0 Å². The van der Waals surface area contributed by atoms with Gasteiger partial charge in [-0.05, 0) is 50.5 Å². The quantitative estimate of drug-likeness (QED) is 0.209. The number of nitrogens with one attached hydrogen (secondary N) is 1. The smallest absolute Gasteiger partial charge is 0.282 e. The summed E-state index contributed by atoms with van der Waals surface area (Å²) in [7, 11) is -0.509. The van der Waals surface area contributed by atoms with Gasteiger partial charge in [-0.25, -0.2) is 0 Å². The Morgan fingerprint density at radius 3 is 2.73 bits per heavy atom. The molecule has 202 valence electrons. The van der Waals surface area contributed by atoms with E-state index in [1.807, 2.05) is 29.7 Å². The van der Waals surface area contributed by atoms with E-state index in [2.05, 4.69) is 37.2 Å². The van der Waals surface area contributed by atoms with E-state index >= 15 is 0 Å². The van der Waals surface area contributed by atoms with Gasteiger partial charge < -0.3 is 28.5 Å². The number of fused-ring (bicyclic) bond motifs is 2. The molecule has 1 saturated carbocycles. The Bertz CT molecular complexity index is 1150. The molecular weight excluding hydrogens is 555 g/mol. The van der Waals surface area contributed by atoms with Crippen molar-refractivity contribution in [3.8, 4) is 5.75 Å². The largest absolute Gasteiger partial charge is 0.497 e. The molecule has 0 aromatic heterocycles. The molecule has 3 fully saturated rings. The highest BCUT2D eigenvalue weighted by Crippen LogP contribution is 2.56. The lowest BCUT2D eigenvalue weighted by Crippen LogP contribution is -2.50. The Hall–Kier alpha value is -1.26. The first kappa shape index (κ1) is 27.3. The van der Waals surface area contributed by atoms with Crippen molar-refractivity contribution in [3.05, 3.63) is 41.8 Å². The zero-order valence-electron chi connectivity index (χ0n) is 21.6. The van der Waals surface area contributed by atoms with E-state index in [0.717, 1.165) is 23.2 Å². The summed E-state index contributed by atoms with van der Waals surface area (Å²) in [5.74, 6) is 1.03. The van der Waals surface area contributed by atoms with Crippen LogP contribution >= 0.6 is 34.8 Å². The lowest BCUT2D eigenvalue weighted by atomic mass is 9.72. The molecule has 1 N–H and O–H groups in total. The number of benzene rings is 1. The Kier molecular flexibility index (Phi) is 7.18. The molecule has 5 aliphatic rings. The van der Waals surface area contributed by atoms with Crippen molar-refractivity contribution >= 4 is 60.9 Å². The van der Waals surface area contributed by atoms with E-state index in [4.69, 9.17) is 53.4 Å². The molecule has 0 unspecified atom stereocenters. The summed E-state index contributed by atoms with van der Waals surface area (Å²) >= 11 is 18.2. The molecule has 37 heavy (non-hydrogen) atoms. The van der Waals surface area contributed by atoms with Gasteiger partial charge in [0.25, 0.3) is 6.41 Å². The van der Waals surface area contributed by atoms with Gasteiger partial charge >= 0.3 is 0 Å². The summed E-state index contributed by atoms with van der Waals surface area (Å²) in [5, 5.41) is 3.12. The summed E-state index contributed by atoms with van der Waals surface area (Å²) in [6, 6.07) is 5.65. The Balaban J connectivity index is 1.61. The van der Waals surface area contributed by atoms with Crippen LogP contribution in [-0.4, -0.2) is 61.3 Å². The normalized spacial score (nSPS) is 31.7. The van der Waals surface area contributed by atoms with Gasteiger partial charge in [0.05, 0.1) is 26.4 Å². The van der Waals surface area contributed by atoms with Crippen molar-refractivity contribution in [2.24, 2.45) is 11.8 Å². The fourth-order valence-electron chi connectivity index (χ4n) is 6.25. The van der Waals surface area contributed by atoms with Crippen molar-refractivity contribution < 1.29 is 28.0 Å². The fraction of sp³-hybridized carbons (Fsp3) is 0.577. The number of carbonyl (C=O) groups is 1. The van der Waals surface area contributed by atoms with Crippen LogP contribution < -0.4 is 10.1 Å². The number of halogens is 3. The van der Waals surface area contributed by atoms with Gasteiger partial charge in [0.1, 0.15) is 17.2 Å². The molecule has 4 bridgehead atoms. The minimum Gasteiger partial charge on any atom is -0.497 e. The average Bonchev–Trinajstić information content (AvgIpc) is 2.93. The van der Waals surface area contributed by atoms with Crippen LogP contribution in [0.2, 0.25) is 19.6 Å². The average molecular weight is 588 g/mol. The topological polar surface area (TPSA) is 69.0 Å². The summed E-state index contributed by atoms with van der Waals surface area (Å²) < 4.78 is 24.8. The third-order valence-corrected chi connectivity index (χ3v) is 8.90. The van der Waals surface area contributed by atoms with E-state index in [0.29, 0.717) is 25.2 Å². The third kappa shape index (κ3) is 4.95. The number of alkyl halides is 3. The number of allylic oxidation sites excluding steroid dienone is 2. The number of hydrogen-bond donors (Lipinski definition) is 1. The molecule has 6 rings (SSSR count). The highest BCUT2D eigenvalue weighted by atomic mass is 35.6. The summed E-state index contributed by atoms with van der Waals surface area (Å²) in [6.45, 7) is 8.63. The van der Waals surface area contributed by atoms with E-state index in [9.17, 15) is 4.79 Å². The molecular formula is C26H33Cl3N2O5Si. The van der Waals surface area contributed by atoms with Crippen LogP contribution in [0.5, 0.6) is 5.75 Å². The first-order valence-electron chi connectivity index (χ1n) is 12.5. The Labute approximate surface area is 234 Å². The molecule has 1 aliphatic carbocycles. The molecule has 1 aromatic carbocycles. The maximum Gasteiger partial charge on any atom is 0.282 e. The highest BCUT2D eigenvalue weighted by Gasteiger charge is 2.63. The van der Waals surface area contributed by atoms with Crippen molar-refractivity contribution in [2.45, 2.75) is 60.8 Å². The monoisotopic (exact) mass is 586 g/mol. The van der Waals surface area contributed by atoms with E-state index < -0.39 is 17.5 Å². The molecule has 1 spiro atoms. The minimum absolute atomic E-state index is 0.0502. The van der Waals surface area contributed by atoms with Gasteiger partial charge in [-0.2, -0.15) is 0 Å². The van der Waals surface area contributed by atoms with Gasteiger partial charge in [-0.15, -0.1) is 0 Å². The predicted molar refractivity (Wildman–Crippen MR) is 147 cm³/mol. The Morgan fingerprint density at radius 1 is 1.32 bits per heavy atom. The van der Waals surface area contributed by atoms with Crippen LogP contribution in [0.15, 0.2) is 29.8 Å². The van der Waals surface area contributed by atoms with Gasteiger partial charge in [0, 0.05) is 30.3 Å². The molecule has 5 atom stereocenters. The van der Waals surface area contributed by atoms with E-state index in [1.54, 1.807) is 7.11 Å². The summed E-state index contributed by atoms with van der Waals surface area (Å²) in [6.07, 6.45) is 5.54. The fourth-order valence-corrected chi connectivity index (χ4v) is 7.10. The van der Waals surface area contributed by atoms with Crippen LogP contribution in [0.1, 0.15) is 25.3 Å². The van der Waals surface area contributed by atoms with E-state index in [-0.39, 0.29) is 36.5 Å². The predicted octanol–water partition coefficient (Wildman–Crippen LogP) is 5.41. The molecule has 1 amide bonds. The van der Waals surface area contributed by atoms with Gasteiger partial charge in [-0.1, -0.05) is 52.5 Å². The molecule has 7 nitrogen and oxygen atoms in total. The lowest BCUT2D eigenvalue weighted by molar-refractivity contribution is -0.627. The van der Waals surface area contributed by atoms with Crippen molar-refractivity contribution in [2.75, 3.05) is 25.6 Å². The second-order valence-electron chi connectivity index (χ2n) is 11.1. The SMILES string of the molecule is C/C=C1/C=[N+]([C-](OCC(Cl)(Cl)Cl)O[Si](C)(C)C)[C@H]2C[C@@]3(C(=O)Nc4cc(OC)ccc43)[C@H]3C[C@@H]1[C@@H]2CO3. The zero-order chi connectivity index (χ0) is 26.8. The number of hydrogen-bond acceptors (Lipinski definition) is 5. The maximum atomic E-state index is 13.9. The van der Waals surface area contributed by atoms with Crippen LogP contribution in [0, 0.1) is 18.2 Å². The number of carbonyl (C=O) groups excluding carboxylic acids is 1. The number of anilines is 1. The number of amides is 1. The molecule has 2 saturated heterocycles. The zero-order valence-corrected chi connectivity index (χ0v) is 24.9. The molecule has 4 aliphatic heterocycles. The minimum atomic E-state index is -2.13. The van der Waals surface area contributed by atoms with Crippen molar-refractivity contribution in [1.82, 2.24) is 0 Å². The lowest BCUT2D eigenvalue weighted by Gasteiger charge is -2.43. The van der Waals surface area contributed by atoms with Crippen LogP contribution in [0.25, 0.3) is 0 Å². The van der Waals surface area contributed by atoms with Gasteiger partial charge in [0.2, 0.25) is 9.70 Å². The Morgan fingerprint density at radius 2 is 2.08 bits per heavy atom. The highest BCUT2D eigenvalue weighted by molar-refractivity contribution is 6.70. The number of ether oxygens (including phenoxy) is 3. The van der Waals surface area contributed by atoms with Crippen LogP contribution in [0.3, 0.4) is 0 Å². The number of methoxy groups -OCH3 is 1. The second kappa shape index (κ2) is 9.73. The van der Waals surface area contributed by atoms with Crippen LogP contribution in [0.4, 0.5) is 5.69 Å². The molecule has 1 aromatic rings. The molecule has 0 radical (unpaired) electrons. The number of nitrogens with zero attached hydrogens (tertiary/aromatic N) is 1. The second-order valence-corrected chi connectivity index (χ2v) is 18.1. The number of rotatable bonds is 6.